The molecule has 1 aromatic rings. The van der Waals surface area contributed by atoms with Gasteiger partial charge < -0.3 is 5.73 Å². The first kappa shape index (κ1) is 15.5. The zero-order valence-corrected chi connectivity index (χ0v) is 12.7. The molecule has 1 fully saturated rings. The number of likely N-dealkylation sites (N-methyl/N-ethyl adjacent to an activating group) is 1. The lowest BCUT2D eigenvalue weighted by atomic mass is 9.90. The maximum absolute atomic E-state index is 13.3. The van der Waals surface area contributed by atoms with Crippen molar-refractivity contribution < 1.29 is 4.39 Å². The second-order valence-corrected chi connectivity index (χ2v) is 6.54. The van der Waals surface area contributed by atoms with Crippen LogP contribution in [0.4, 0.5) is 4.39 Å². The van der Waals surface area contributed by atoms with Gasteiger partial charge >= 0.3 is 0 Å². The largest absolute Gasteiger partial charge is 0.329 e. The number of benzene rings is 1. The first-order valence-electron chi connectivity index (χ1n) is 7.69. The molecule has 1 aromatic carbocycles. The fourth-order valence-electron chi connectivity index (χ4n) is 3.25. The van der Waals surface area contributed by atoms with Gasteiger partial charge in [0.1, 0.15) is 5.82 Å². The lowest BCUT2D eigenvalue weighted by molar-refractivity contribution is 0.122. The van der Waals surface area contributed by atoms with Gasteiger partial charge in [-0.3, -0.25) is 4.90 Å². The molecule has 2 nitrogen and oxygen atoms in total. The zero-order valence-electron chi connectivity index (χ0n) is 12.7. The summed E-state index contributed by atoms with van der Waals surface area (Å²) in [6.07, 6.45) is 6.20. The summed E-state index contributed by atoms with van der Waals surface area (Å²) in [6.45, 7) is 3.88. The van der Waals surface area contributed by atoms with Crippen LogP contribution >= 0.6 is 0 Å². The smallest absolute Gasteiger partial charge is 0.123 e. The van der Waals surface area contributed by atoms with Gasteiger partial charge in [0.2, 0.25) is 0 Å². The van der Waals surface area contributed by atoms with Gasteiger partial charge in [0.25, 0.3) is 0 Å². The van der Waals surface area contributed by atoms with Crippen molar-refractivity contribution in [3.05, 3.63) is 35.6 Å². The summed E-state index contributed by atoms with van der Waals surface area (Å²) in [5.74, 6) is 0.638. The van der Waals surface area contributed by atoms with Crippen LogP contribution in [0, 0.1) is 11.7 Å². The predicted octanol–water partition coefficient (Wildman–Crippen LogP) is 3.21. The monoisotopic (exact) mass is 278 g/mol. The molecule has 0 spiro atoms. The second-order valence-electron chi connectivity index (χ2n) is 6.54. The lowest BCUT2D eigenvalue weighted by Crippen LogP contribution is -2.52. The zero-order chi connectivity index (χ0) is 14.6. The topological polar surface area (TPSA) is 29.3 Å². The first-order chi connectivity index (χ1) is 9.53. The lowest BCUT2D eigenvalue weighted by Gasteiger charge is -2.39. The van der Waals surface area contributed by atoms with E-state index in [0.717, 1.165) is 24.4 Å². The van der Waals surface area contributed by atoms with Gasteiger partial charge in [0.05, 0.1) is 0 Å². The number of nitrogens with two attached hydrogens (primary N) is 1. The highest BCUT2D eigenvalue weighted by molar-refractivity contribution is 5.19. The van der Waals surface area contributed by atoms with Gasteiger partial charge in [0.15, 0.2) is 0 Å². The molecule has 112 valence electrons. The molecule has 1 unspecified atom stereocenters. The third-order valence-corrected chi connectivity index (χ3v) is 4.84. The van der Waals surface area contributed by atoms with Crippen molar-refractivity contribution in [2.24, 2.45) is 11.7 Å². The number of halogens is 1. The van der Waals surface area contributed by atoms with Crippen molar-refractivity contribution >= 4 is 0 Å². The molecule has 0 saturated heterocycles. The minimum atomic E-state index is -0.166. The molecule has 0 heterocycles. The standard InChI is InChI=1S/C17H27FN2/c1-17(13-19,11-15-8-5-9-16(18)10-15)20(2)12-14-6-3-4-7-14/h5,8-10,14H,3-4,6-7,11-13,19H2,1-2H3. The summed E-state index contributed by atoms with van der Waals surface area (Å²) >= 11 is 0. The Kier molecular flexibility index (Phi) is 5.17. The van der Waals surface area contributed by atoms with E-state index in [0.29, 0.717) is 6.54 Å². The van der Waals surface area contributed by atoms with E-state index in [1.807, 2.05) is 6.07 Å². The van der Waals surface area contributed by atoms with Gasteiger partial charge in [-0.15, -0.1) is 0 Å². The van der Waals surface area contributed by atoms with Crippen LogP contribution < -0.4 is 5.73 Å². The molecular weight excluding hydrogens is 251 g/mol. The average Bonchev–Trinajstić information content (AvgIpc) is 2.91. The van der Waals surface area contributed by atoms with Crippen LogP contribution in [0.3, 0.4) is 0 Å². The van der Waals surface area contributed by atoms with Gasteiger partial charge in [0, 0.05) is 18.6 Å². The van der Waals surface area contributed by atoms with E-state index >= 15 is 0 Å². The third-order valence-electron chi connectivity index (χ3n) is 4.84. The van der Waals surface area contributed by atoms with Crippen LogP contribution in [0.25, 0.3) is 0 Å². The third kappa shape index (κ3) is 3.80. The highest BCUT2D eigenvalue weighted by atomic mass is 19.1. The molecule has 0 aromatic heterocycles. The summed E-state index contributed by atoms with van der Waals surface area (Å²) in [5, 5.41) is 0. The maximum atomic E-state index is 13.3. The van der Waals surface area contributed by atoms with Crippen molar-refractivity contribution in [2.45, 2.75) is 44.6 Å². The Balaban J connectivity index is 2.03. The minimum absolute atomic E-state index is 0.101. The summed E-state index contributed by atoms with van der Waals surface area (Å²) in [4.78, 5) is 2.38. The molecule has 0 bridgehead atoms. The van der Waals surface area contributed by atoms with Crippen LogP contribution in [0.5, 0.6) is 0 Å². The van der Waals surface area contributed by atoms with E-state index in [4.69, 9.17) is 5.73 Å². The van der Waals surface area contributed by atoms with E-state index in [1.165, 1.54) is 31.7 Å². The van der Waals surface area contributed by atoms with Gasteiger partial charge in [-0.25, -0.2) is 4.39 Å². The molecule has 2 rings (SSSR count). The molecular formula is C17H27FN2. The molecule has 0 amide bonds. The summed E-state index contributed by atoms with van der Waals surface area (Å²) in [5.41, 5.74) is 6.96. The Labute approximate surface area is 122 Å². The Morgan fingerprint density at radius 2 is 2.05 bits per heavy atom. The SMILES string of the molecule is CN(CC1CCCC1)C(C)(CN)Cc1cccc(F)c1. The summed E-state index contributed by atoms with van der Waals surface area (Å²) < 4.78 is 13.3. The first-order valence-corrected chi connectivity index (χ1v) is 7.69. The van der Waals surface area contributed by atoms with Crippen molar-refractivity contribution in [2.75, 3.05) is 20.1 Å². The quantitative estimate of drug-likeness (QED) is 0.866. The fourth-order valence-corrected chi connectivity index (χ4v) is 3.25. The molecule has 1 atom stereocenters. The van der Waals surface area contributed by atoms with Crippen molar-refractivity contribution in [3.63, 3.8) is 0 Å². The molecule has 20 heavy (non-hydrogen) atoms. The molecule has 0 aliphatic heterocycles. The Morgan fingerprint density at radius 1 is 1.35 bits per heavy atom. The van der Waals surface area contributed by atoms with Gasteiger partial charge in [-0.05, 0) is 56.8 Å². The highest BCUT2D eigenvalue weighted by Gasteiger charge is 2.30. The average molecular weight is 278 g/mol. The Bertz CT molecular complexity index is 429. The summed E-state index contributed by atoms with van der Waals surface area (Å²) in [7, 11) is 2.16. The number of hydrogen-bond donors (Lipinski definition) is 1. The van der Waals surface area contributed by atoms with Crippen LogP contribution in [-0.4, -0.2) is 30.6 Å². The van der Waals surface area contributed by atoms with Crippen LogP contribution in [0.15, 0.2) is 24.3 Å². The van der Waals surface area contributed by atoms with E-state index in [-0.39, 0.29) is 11.4 Å². The number of nitrogens with zero attached hydrogens (tertiary/aromatic N) is 1. The fraction of sp³-hybridized carbons (Fsp3) is 0.647. The van der Waals surface area contributed by atoms with Gasteiger partial charge in [-0.2, -0.15) is 0 Å². The van der Waals surface area contributed by atoms with E-state index < -0.39 is 0 Å². The molecule has 2 N–H and O–H groups in total. The molecule has 1 aliphatic rings. The molecule has 3 heteroatoms. The van der Waals surface area contributed by atoms with Crippen molar-refractivity contribution in [1.29, 1.82) is 0 Å². The molecule has 0 radical (unpaired) electrons. The van der Waals surface area contributed by atoms with Crippen molar-refractivity contribution in [3.8, 4) is 0 Å². The Hall–Kier alpha value is -0.930. The maximum Gasteiger partial charge on any atom is 0.123 e. The van der Waals surface area contributed by atoms with Crippen LogP contribution in [-0.2, 0) is 6.42 Å². The summed E-state index contributed by atoms with van der Waals surface area (Å²) in [6, 6.07) is 6.88. The number of hydrogen-bond acceptors (Lipinski definition) is 2. The van der Waals surface area contributed by atoms with Crippen molar-refractivity contribution in [1.82, 2.24) is 4.90 Å². The highest BCUT2D eigenvalue weighted by Crippen LogP contribution is 2.28. The van der Waals surface area contributed by atoms with Crippen LogP contribution in [0.2, 0.25) is 0 Å². The molecule has 1 saturated carbocycles. The van der Waals surface area contributed by atoms with E-state index in [1.54, 1.807) is 12.1 Å². The predicted molar refractivity (Wildman–Crippen MR) is 82.2 cm³/mol. The second kappa shape index (κ2) is 6.68. The Morgan fingerprint density at radius 3 is 2.65 bits per heavy atom. The number of rotatable bonds is 6. The van der Waals surface area contributed by atoms with Crippen LogP contribution in [0.1, 0.15) is 38.2 Å². The van der Waals surface area contributed by atoms with Gasteiger partial charge in [-0.1, -0.05) is 25.0 Å². The minimum Gasteiger partial charge on any atom is -0.329 e. The normalized spacial score (nSPS) is 19.4. The van der Waals surface area contributed by atoms with E-state index in [2.05, 4.69) is 18.9 Å². The molecule has 1 aliphatic carbocycles. The van der Waals surface area contributed by atoms with E-state index in [9.17, 15) is 4.39 Å².